The second-order valence-electron chi connectivity index (χ2n) is 14.6. The van der Waals surface area contributed by atoms with Crippen LogP contribution < -0.4 is 5.32 Å². The van der Waals surface area contributed by atoms with Crippen LogP contribution >= 0.6 is 0 Å². The number of rotatable bonds is 42. The number of hydrogen-bond acceptors (Lipinski definition) is 5. The van der Waals surface area contributed by atoms with Gasteiger partial charge in [0, 0.05) is 19.6 Å². The van der Waals surface area contributed by atoms with E-state index >= 15 is 0 Å². The minimum Gasteiger partial charge on any atom is -0.457 e. The van der Waals surface area contributed by atoms with Gasteiger partial charge in [-0.3, -0.25) is 4.79 Å². The number of nitrogens with one attached hydrogen (secondary N) is 1. The van der Waals surface area contributed by atoms with E-state index in [1.807, 2.05) is 0 Å². The fourth-order valence-corrected chi connectivity index (χ4v) is 6.23. The summed E-state index contributed by atoms with van der Waals surface area (Å²) in [4.78, 5) is 12.4. The summed E-state index contributed by atoms with van der Waals surface area (Å²) in [7, 11) is 0. The van der Waals surface area contributed by atoms with E-state index in [-0.39, 0.29) is 12.1 Å². The third-order valence-corrected chi connectivity index (χ3v) is 9.49. The highest BCUT2D eigenvalue weighted by Gasteiger charge is 2.15. The van der Waals surface area contributed by atoms with Crippen LogP contribution in [0, 0.1) is 0 Å². The molecule has 0 saturated carbocycles. The van der Waals surface area contributed by atoms with Gasteiger partial charge in [-0.1, -0.05) is 161 Å². The van der Waals surface area contributed by atoms with Crippen LogP contribution in [0.2, 0.25) is 0 Å². The number of carbonyl (C=O) groups is 1. The van der Waals surface area contributed by atoms with E-state index in [0.717, 1.165) is 45.6 Å². The molecule has 0 aliphatic heterocycles. The predicted molar refractivity (Wildman–Crippen MR) is 218 cm³/mol. The van der Waals surface area contributed by atoms with Crippen molar-refractivity contribution in [2.45, 2.75) is 219 Å². The highest BCUT2D eigenvalue weighted by atomic mass is 16.6. The van der Waals surface area contributed by atoms with E-state index in [1.54, 1.807) is 0 Å². The molecule has 0 heterocycles. The average molecular weight is 706 g/mol. The first-order chi connectivity index (χ1) is 24.7. The lowest BCUT2D eigenvalue weighted by Crippen LogP contribution is -2.29. The Labute approximate surface area is 312 Å². The van der Waals surface area contributed by atoms with Crippen LogP contribution in [0.4, 0.5) is 0 Å². The van der Waals surface area contributed by atoms with E-state index in [1.165, 1.54) is 167 Å². The van der Waals surface area contributed by atoms with Gasteiger partial charge >= 0.3 is 5.97 Å². The first-order valence-electron chi connectivity index (χ1n) is 22.1. The van der Waals surface area contributed by atoms with Gasteiger partial charge in [-0.2, -0.15) is 0 Å². The molecule has 0 atom stereocenters. The Balaban J connectivity index is 3.88. The van der Waals surface area contributed by atoms with E-state index in [4.69, 9.17) is 14.2 Å². The SMILES string of the molecule is CCCCCCCC/C=C\CCCCCCCCOCC(COCCCCCCCC/C=C\CCCCCCCC)OC(=O)CCCNCC. The maximum Gasteiger partial charge on any atom is 0.306 e. The summed E-state index contributed by atoms with van der Waals surface area (Å²) >= 11 is 0. The Morgan fingerprint density at radius 1 is 0.480 bits per heavy atom. The standard InChI is InChI=1S/C45H87NO4/c1-4-7-9-11-13-15-17-19-21-23-25-27-29-31-33-35-40-48-42-44(50-45(47)38-37-39-46-6-3)43-49-41-36-34-32-30-28-26-24-22-20-18-16-14-12-10-8-5-2/h19-22,44,46H,4-18,23-43H2,1-3H3/b21-19-,22-20-. The summed E-state index contributed by atoms with van der Waals surface area (Å²) in [6.45, 7) is 10.7. The van der Waals surface area contributed by atoms with Crippen LogP contribution in [0.1, 0.15) is 213 Å². The zero-order valence-corrected chi connectivity index (χ0v) is 34.0. The van der Waals surface area contributed by atoms with Crippen molar-refractivity contribution in [1.82, 2.24) is 5.32 Å². The fourth-order valence-electron chi connectivity index (χ4n) is 6.23. The van der Waals surface area contributed by atoms with Crippen LogP contribution in [-0.2, 0) is 19.0 Å². The van der Waals surface area contributed by atoms with Crippen LogP contribution in [-0.4, -0.2) is 51.6 Å². The average Bonchev–Trinajstić information content (AvgIpc) is 3.12. The quantitative estimate of drug-likeness (QED) is 0.0389. The maximum atomic E-state index is 12.4. The number of hydrogen-bond donors (Lipinski definition) is 1. The minimum atomic E-state index is -0.315. The lowest BCUT2D eigenvalue weighted by molar-refractivity contribution is -0.156. The van der Waals surface area contributed by atoms with Gasteiger partial charge in [-0.05, 0) is 83.7 Å². The van der Waals surface area contributed by atoms with E-state index < -0.39 is 0 Å². The van der Waals surface area contributed by atoms with Crippen molar-refractivity contribution in [3.8, 4) is 0 Å². The summed E-state index contributed by atoms with van der Waals surface area (Å²) in [5.41, 5.74) is 0. The molecule has 0 unspecified atom stereocenters. The molecule has 0 spiro atoms. The minimum absolute atomic E-state index is 0.144. The molecule has 5 nitrogen and oxygen atoms in total. The van der Waals surface area contributed by atoms with Crippen molar-refractivity contribution < 1.29 is 19.0 Å². The molecule has 296 valence electrons. The topological polar surface area (TPSA) is 56.8 Å². The molecule has 0 amide bonds. The molecule has 5 heteroatoms. The molecule has 0 aromatic rings. The lowest BCUT2D eigenvalue weighted by Gasteiger charge is -2.18. The summed E-state index contributed by atoms with van der Waals surface area (Å²) in [6.07, 6.45) is 47.0. The fraction of sp³-hybridized carbons (Fsp3) is 0.889. The molecule has 0 aromatic heterocycles. The molecule has 0 saturated heterocycles. The van der Waals surface area contributed by atoms with Crippen LogP contribution in [0.5, 0.6) is 0 Å². The molecule has 0 fully saturated rings. The maximum absolute atomic E-state index is 12.4. The van der Waals surface area contributed by atoms with Crippen molar-refractivity contribution in [3.63, 3.8) is 0 Å². The number of ether oxygens (including phenoxy) is 3. The Morgan fingerprint density at radius 2 is 0.840 bits per heavy atom. The molecule has 0 aliphatic carbocycles. The van der Waals surface area contributed by atoms with Gasteiger partial charge in [0.15, 0.2) is 0 Å². The zero-order valence-electron chi connectivity index (χ0n) is 34.0. The van der Waals surface area contributed by atoms with E-state index in [9.17, 15) is 4.79 Å². The highest BCUT2D eigenvalue weighted by Crippen LogP contribution is 2.12. The lowest BCUT2D eigenvalue weighted by atomic mass is 10.1. The Bertz CT molecular complexity index is 663. The van der Waals surface area contributed by atoms with Crippen molar-refractivity contribution in [1.29, 1.82) is 0 Å². The largest absolute Gasteiger partial charge is 0.457 e. The third kappa shape index (κ3) is 41.3. The first kappa shape index (κ1) is 48.8. The van der Waals surface area contributed by atoms with E-state index in [2.05, 4.69) is 50.4 Å². The van der Waals surface area contributed by atoms with Gasteiger partial charge in [0.2, 0.25) is 0 Å². The number of allylic oxidation sites excluding steroid dienone is 4. The van der Waals surface area contributed by atoms with E-state index in [0.29, 0.717) is 19.6 Å². The van der Waals surface area contributed by atoms with Gasteiger partial charge in [-0.15, -0.1) is 0 Å². The predicted octanol–water partition coefficient (Wildman–Crippen LogP) is 13.4. The highest BCUT2D eigenvalue weighted by molar-refractivity contribution is 5.69. The normalized spacial score (nSPS) is 11.9. The Hall–Kier alpha value is -1.17. The Morgan fingerprint density at radius 3 is 1.22 bits per heavy atom. The summed E-state index contributed by atoms with van der Waals surface area (Å²) in [5.74, 6) is -0.144. The number of esters is 1. The molecule has 0 radical (unpaired) electrons. The zero-order chi connectivity index (χ0) is 36.3. The summed E-state index contributed by atoms with van der Waals surface area (Å²) < 4.78 is 17.7. The molecule has 0 aromatic carbocycles. The summed E-state index contributed by atoms with van der Waals surface area (Å²) in [6, 6.07) is 0. The Kier molecular flexibility index (Phi) is 43.0. The third-order valence-electron chi connectivity index (χ3n) is 9.49. The van der Waals surface area contributed by atoms with Crippen molar-refractivity contribution >= 4 is 5.97 Å². The van der Waals surface area contributed by atoms with Crippen LogP contribution in [0.25, 0.3) is 0 Å². The number of carbonyl (C=O) groups excluding carboxylic acids is 1. The second-order valence-corrected chi connectivity index (χ2v) is 14.6. The van der Waals surface area contributed by atoms with Crippen LogP contribution in [0.15, 0.2) is 24.3 Å². The van der Waals surface area contributed by atoms with Crippen molar-refractivity contribution in [2.75, 3.05) is 39.5 Å². The molecule has 50 heavy (non-hydrogen) atoms. The van der Waals surface area contributed by atoms with Gasteiger partial charge in [0.1, 0.15) is 6.10 Å². The van der Waals surface area contributed by atoms with Crippen molar-refractivity contribution in [2.24, 2.45) is 0 Å². The molecular weight excluding hydrogens is 618 g/mol. The smallest absolute Gasteiger partial charge is 0.306 e. The van der Waals surface area contributed by atoms with Gasteiger partial charge in [0.25, 0.3) is 0 Å². The molecule has 1 N–H and O–H groups in total. The first-order valence-corrected chi connectivity index (χ1v) is 22.1. The van der Waals surface area contributed by atoms with Crippen molar-refractivity contribution in [3.05, 3.63) is 24.3 Å². The van der Waals surface area contributed by atoms with Gasteiger partial charge < -0.3 is 19.5 Å². The molecule has 0 bridgehead atoms. The monoisotopic (exact) mass is 706 g/mol. The van der Waals surface area contributed by atoms with Gasteiger partial charge in [-0.25, -0.2) is 0 Å². The van der Waals surface area contributed by atoms with Gasteiger partial charge in [0.05, 0.1) is 13.2 Å². The molecule has 0 rings (SSSR count). The summed E-state index contributed by atoms with van der Waals surface area (Å²) in [5, 5.41) is 3.27. The molecule has 0 aliphatic rings. The number of unbranched alkanes of at least 4 members (excludes halogenated alkanes) is 24. The van der Waals surface area contributed by atoms with Crippen LogP contribution in [0.3, 0.4) is 0 Å². The second kappa shape index (κ2) is 44.0. The molecular formula is C45H87NO4.